The topological polar surface area (TPSA) is 131 Å². The van der Waals surface area contributed by atoms with Crippen LogP contribution >= 0.6 is 11.8 Å². The molecule has 6 N–H and O–H groups in total. The van der Waals surface area contributed by atoms with Crippen molar-refractivity contribution >= 4 is 23.5 Å². The predicted molar refractivity (Wildman–Crippen MR) is 54.8 cm³/mol. The fraction of sp³-hybridized carbons (Fsp3) is 0. The van der Waals surface area contributed by atoms with E-state index in [1.807, 2.05) is 0 Å². The van der Waals surface area contributed by atoms with Gasteiger partial charge in [-0.15, -0.1) is 0 Å². The highest BCUT2D eigenvalue weighted by Gasteiger charge is 2.05. The van der Waals surface area contributed by atoms with E-state index in [1.54, 1.807) is 6.07 Å². The highest BCUT2D eigenvalue weighted by molar-refractivity contribution is 7.99. The number of hydrogen-bond acceptors (Lipinski definition) is 8. The number of aromatic amines is 1. The molecule has 0 radical (unpaired) electrons. The Balaban J connectivity index is 2.24. The van der Waals surface area contributed by atoms with Crippen molar-refractivity contribution in [3.8, 4) is 0 Å². The van der Waals surface area contributed by atoms with E-state index >= 15 is 0 Å². The van der Waals surface area contributed by atoms with Gasteiger partial charge in [-0.3, -0.25) is 5.10 Å². The number of nitrogens with zero attached hydrogens (tertiary/aromatic N) is 4. The standard InChI is InChI=1S/C6H8N8S/c7-5-11-3(13-8)1-4(12-5)15-6-9-2-10-14-6/h1-2H,8H2,(H,9,10,14)(H3,7,11,12,13). The van der Waals surface area contributed by atoms with Crippen LogP contribution in [0.5, 0.6) is 0 Å². The van der Waals surface area contributed by atoms with Crippen molar-refractivity contribution in [1.29, 1.82) is 0 Å². The maximum atomic E-state index is 5.49. The third-order valence-corrected chi connectivity index (χ3v) is 2.27. The molecule has 0 saturated carbocycles. The van der Waals surface area contributed by atoms with Crippen LogP contribution in [0.25, 0.3) is 0 Å². The van der Waals surface area contributed by atoms with E-state index in [0.29, 0.717) is 16.0 Å². The number of nitrogens with one attached hydrogen (secondary N) is 2. The summed E-state index contributed by atoms with van der Waals surface area (Å²) in [5, 5.41) is 7.66. The van der Waals surface area contributed by atoms with E-state index in [4.69, 9.17) is 11.6 Å². The summed E-state index contributed by atoms with van der Waals surface area (Å²) in [4.78, 5) is 11.8. The number of nitrogen functional groups attached to an aromatic ring is 2. The molecule has 0 amide bonds. The molecule has 0 bridgehead atoms. The highest BCUT2D eigenvalue weighted by Crippen LogP contribution is 2.23. The van der Waals surface area contributed by atoms with Crippen molar-refractivity contribution in [2.24, 2.45) is 5.84 Å². The van der Waals surface area contributed by atoms with Crippen LogP contribution in [0.4, 0.5) is 11.8 Å². The average molecular weight is 224 g/mol. The van der Waals surface area contributed by atoms with Gasteiger partial charge in [0, 0.05) is 6.07 Å². The molecule has 2 aromatic rings. The van der Waals surface area contributed by atoms with E-state index in [1.165, 1.54) is 18.1 Å². The minimum atomic E-state index is 0.146. The third kappa shape index (κ3) is 2.33. The molecule has 0 saturated heterocycles. The molecule has 0 aliphatic heterocycles. The highest BCUT2D eigenvalue weighted by atomic mass is 32.2. The van der Waals surface area contributed by atoms with Gasteiger partial charge in [0.1, 0.15) is 17.2 Å². The molecule has 2 rings (SSSR count). The number of rotatable bonds is 3. The molecule has 2 aromatic heterocycles. The number of hydrogen-bond donors (Lipinski definition) is 4. The summed E-state index contributed by atoms with van der Waals surface area (Å²) in [7, 11) is 0. The normalized spacial score (nSPS) is 10.2. The Morgan fingerprint density at radius 2 is 2.27 bits per heavy atom. The zero-order chi connectivity index (χ0) is 10.7. The summed E-state index contributed by atoms with van der Waals surface area (Å²) in [5.41, 5.74) is 7.88. The first kappa shape index (κ1) is 9.68. The number of nitrogens with two attached hydrogens (primary N) is 2. The Kier molecular flexibility index (Phi) is 2.65. The van der Waals surface area contributed by atoms with Crippen molar-refractivity contribution in [1.82, 2.24) is 25.1 Å². The van der Waals surface area contributed by atoms with Crippen molar-refractivity contribution in [3.63, 3.8) is 0 Å². The molecule has 2 heterocycles. The Labute approximate surface area is 88.9 Å². The van der Waals surface area contributed by atoms with Gasteiger partial charge >= 0.3 is 0 Å². The summed E-state index contributed by atoms with van der Waals surface area (Å²) in [6, 6.07) is 1.66. The van der Waals surface area contributed by atoms with Crippen LogP contribution in [0.3, 0.4) is 0 Å². The van der Waals surface area contributed by atoms with Gasteiger partial charge in [-0.2, -0.15) is 10.1 Å². The molecule has 0 atom stereocenters. The number of aromatic nitrogens is 5. The van der Waals surface area contributed by atoms with E-state index in [2.05, 4.69) is 30.6 Å². The summed E-state index contributed by atoms with van der Waals surface area (Å²) in [5.74, 6) is 5.81. The number of hydrazine groups is 1. The van der Waals surface area contributed by atoms with E-state index in [0.717, 1.165) is 0 Å². The molecule has 78 valence electrons. The Morgan fingerprint density at radius 1 is 1.40 bits per heavy atom. The predicted octanol–water partition coefficient (Wildman–Crippen LogP) is -0.386. The second-order valence-electron chi connectivity index (χ2n) is 2.49. The van der Waals surface area contributed by atoms with Gasteiger partial charge in [-0.25, -0.2) is 15.8 Å². The summed E-state index contributed by atoms with van der Waals surface area (Å²) >= 11 is 1.28. The maximum absolute atomic E-state index is 5.49. The van der Waals surface area contributed by atoms with Gasteiger partial charge in [0.05, 0.1) is 0 Å². The zero-order valence-corrected chi connectivity index (χ0v) is 8.32. The quantitative estimate of drug-likeness (QED) is 0.315. The molecule has 8 nitrogen and oxygen atoms in total. The van der Waals surface area contributed by atoms with Gasteiger partial charge in [0.25, 0.3) is 0 Å². The SMILES string of the molecule is NNc1cc(Sc2ncn[nH]2)nc(N)n1. The van der Waals surface area contributed by atoms with E-state index < -0.39 is 0 Å². The molecule has 0 aromatic carbocycles. The van der Waals surface area contributed by atoms with Crippen LogP contribution in [0.2, 0.25) is 0 Å². The largest absolute Gasteiger partial charge is 0.368 e. The van der Waals surface area contributed by atoms with Crippen LogP contribution in [-0.2, 0) is 0 Å². The molecule has 0 fully saturated rings. The lowest BCUT2D eigenvalue weighted by molar-refractivity contribution is 0.964. The third-order valence-electron chi connectivity index (χ3n) is 1.46. The molecule has 15 heavy (non-hydrogen) atoms. The van der Waals surface area contributed by atoms with Crippen LogP contribution in [-0.4, -0.2) is 25.1 Å². The number of H-pyrrole nitrogens is 1. The molecular weight excluding hydrogens is 216 g/mol. The lowest BCUT2D eigenvalue weighted by Gasteiger charge is -2.02. The first-order valence-corrected chi connectivity index (χ1v) is 4.74. The second-order valence-corrected chi connectivity index (χ2v) is 3.50. The van der Waals surface area contributed by atoms with Crippen molar-refractivity contribution in [2.45, 2.75) is 10.2 Å². The molecule has 0 aliphatic rings. The minimum absolute atomic E-state index is 0.146. The average Bonchev–Trinajstić information content (AvgIpc) is 2.69. The van der Waals surface area contributed by atoms with Gasteiger partial charge in [-0.05, 0) is 11.8 Å². The van der Waals surface area contributed by atoms with E-state index in [-0.39, 0.29) is 5.95 Å². The zero-order valence-electron chi connectivity index (χ0n) is 7.51. The van der Waals surface area contributed by atoms with Gasteiger partial charge in [0.15, 0.2) is 5.16 Å². The van der Waals surface area contributed by atoms with Gasteiger partial charge in [-0.1, -0.05) is 0 Å². The van der Waals surface area contributed by atoms with Crippen molar-refractivity contribution < 1.29 is 0 Å². The first-order chi connectivity index (χ1) is 7.28. The fourth-order valence-corrected chi connectivity index (χ4v) is 1.62. The molecule has 0 unspecified atom stereocenters. The second kappa shape index (κ2) is 4.11. The van der Waals surface area contributed by atoms with E-state index in [9.17, 15) is 0 Å². The molecule has 9 heteroatoms. The number of anilines is 2. The Hall–Kier alpha value is -1.87. The Bertz CT molecular complexity index is 440. The van der Waals surface area contributed by atoms with Gasteiger partial charge in [0.2, 0.25) is 5.95 Å². The van der Waals surface area contributed by atoms with Crippen LogP contribution in [0, 0.1) is 0 Å². The Morgan fingerprint density at radius 3 is 2.93 bits per heavy atom. The smallest absolute Gasteiger partial charge is 0.223 e. The first-order valence-electron chi connectivity index (χ1n) is 3.92. The summed E-state index contributed by atoms with van der Waals surface area (Å²) in [6.07, 6.45) is 1.41. The molecule has 0 spiro atoms. The maximum Gasteiger partial charge on any atom is 0.223 e. The molecular formula is C6H8N8S. The van der Waals surface area contributed by atoms with Gasteiger partial charge < -0.3 is 11.2 Å². The van der Waals surface area contributed by atoms with Crippen molar-refractivity contribution in [2.75, 3.05) is 11.2 Å². The van der Waals surface area contributed by atoms with Crippen molar-refractivity contribution in [3.05, 3.63) is 12.4 Å². The summed E-state index contributed by atoms with van der Waals surface area (Å²) < 4.78 is 0. The fourth-order valence-electron chi connectivity index (χ4n) is 0.912. The monoisotopic (exact) mass is 224 g/mol. The van der Waals surface area contributed by atoms with Crippen LogP contribution < -0.4 is 17.0 Å². The summed E-state index contributed by atoms with van der Waals surface area (Å²) in [6.45, 7) is 0. The van der Waals surface area contributed by atoms with Crippen LogP contribution in [0.15, 0.2) is 22.6 Å². The lowest BCUT2D eigenvalue weighted by Crippen LogP contribution is -2.10. The minimum Gasteiger partial charge on any atom is -0.368 e. The molecule has 0 aliphatic carbocycles. The lowest BCUT2D eigenvalue weighted by atomic mass is 10.6. The van der Waals surface area contributed by atoms with Crippen LogP contribution in [0.1, 0.15) is 0 Å².